The van der Waals surface area contributed by atoms with Crippen molar-refractivity contribution in [2.45, 2.75) is 26.3 Å². The van der Waals surface area contributed by atoms with E-state index in [9.17, 15) is 4.79 Å². The average Bonchev–Trinajstić information content (AvgIpc) is 3.04. The lowest BCUT2D eigenvalue weighted by Crippen LogP contribution is -2.36. The molecule has 1 saturated heterocycles. The first kappa shape index (κ1) is 17.0. The standard InChI is InChI=1S/C18H22ClN3O2/c1-2-24-18(23)14-7-9-22(10-8-14)12-15-11-20-21-17(15)13-3-5-16(19)6-4-13/h3-6,11,14H,2,7-10,12H2,1H3,(H,20,21). The van der Waals surface area contributed by atoms with Crippen molar-refractivity contribution in [3.63, 3.8) is 0 Å². The minimum atomic E-state index is -0.0534. The summed E-state index contributed by atoms with van der Waals surface area (Å²) in [5.41, 5.74) is 3.26. The Balaban J connectivity index is 1.61. The minimum absolute atomic E-state index is 0.0429. The van der Waals surface area contributed by atoms with Gasteiger partial charge in [-0.3, -0.25) is 14.8 Å². The lowest BCUT2D eigenvalue weighted by molar-refractivity contribution is -0.149. The van der Waals surface area contributed by atoms with E-state index in [-0.39, 0.29) is 11.9 Å². The van der Waals surface area contributed by atoms with Crippen molar-refractivity contribution in [1.82, 2.24) is 15.1 Å². The van der Waals surface area contributed by atoms with Crippen LogP contribution in [-0.4, -0.2) is 40.8 Å². The maximum absolute atomic E-state index is 11.8. The topological polar surface area (TPSA) is 58.2 Å². The highest BCUT2D eigenvalue weighted by atomic mass is 35.5. The third kappa shape index (κ3) is 3.97. The monoisotopic (exact) mass is 347 g/mol. The normalized spacial score (nSPS) is 16.2. The fraction of sp³-hybridized carbons (Fsp3) is 0.444. The summed E-state index contributed by atoms with van der Waals surface area (Å²) in [5.74, 6) is -0.0106. The summed E-state index contributed by atoms with van der Waals surface area (Å²) in [6, 6.07) is 7.75. The summed E-state index contributed by atoms with van der Waals surface area (Å²) in [6.45, 7) is 4.93. The van der Waals surface area contributed by atoms with Crippen LogP contribution < -0.4 is 0 Å². The van der Waals surface area contributed by atoms with Crippen molar-refractivity contribution in [3.8, 4) is 11.3 Å². The van der Waals surface area contributed by atoms with Gasteiger partial charge in [0.05, 0.1) is 24.4 Å². The van der Waals surface area contributed by atoms with E-state index in [1.807, 2.05) is 37.4 Å². The smallest absolute Gasteiger partial charge is 0.309 e. The van der Waals surface area contributed by atoms with Gasteiger partial charge >= 0.3 is 5.97 Å². The fourth-order valence-corrected chi connectivity index (χ4v) is 3.25. The number of H-pyrrole nitrogens is 1. The molecule has 128 valence electrons. The van der Waals surface area contributed by atoms with Crippen molar-refractivity contribution in [3.05, 3.63) is 41.0 Å². The number of carbonyl (C=O) groups excluding carboxylic acids is 1. The van der Waals surface area contributed by atoms with E-state index in [1.165, 1.54) is 0 Å². The first-order chi connectivity index (χ1) is 11.7. The number of piperidine rings is 1. The van der Waals surface area contributed by atoms with Crippen LogP contribution in [0.1, 0.15) is 25.3 Å². The second kappa shape index (κ2) is 7.81. The molecule has 3 rings (SSSR count). The zero-order chi connectivity index (χ0) is 16.9. The maximum Gasteiger partial charge on any atom is 0.309 e. The SMILES string of the molecule is CCOC(=O)C1CCN(Cc2cn[nH]c2-c2ccc(Cl)cc2)CC1. The van der Waals surface area contributed by atoms with Crippen LogP contribution in [0, 0.1) is 5.92 Å². The van der Waals surface area contributed by atoms with E-state index < -0.39 is 0 Å². The van der Waals surface area contributed by atoms with E-state index in [4.69, 9.17) is 16.3 Å². The van der Waals surface area contributed by atoms with Gasteiger partial charge in [0.25, 0.3) is 0 Å². The molecule has 0 unspecified atom stereocenters. The van der Waals surface area contributed by atoms with E-state index >= 15 is 0 Å². The Hall–Kier alpha value is -1.85. The second-order valence-corrected chi connectivity index (χ2v) is 6.52. The number of benzene rings is 1. The molecule has 0 radical (unpaired) electrons. The number of nitrogens with one attached hydrogen (secondary N) is 1. The Morgan fingerprint density at radius 2 is 2.04 bits per heavy atom. The number of rotatable bonds is 5. The van der Waals surface area contributed by atoms with E-state index in [0.717, 1.165) is 54.3 Å². The molecule has 1 fully saturated rings. The molecule has 2 aromatic rings. The number of halogens is 1. The molecule has 0 atom stereocenters. The van der Waals surface area contributed by atoms with Gasteiger partial charge in [-0.05, 0) is 50.6 Å². The molecule has 1 N–H and O–H groups in total. The number of aromatic nitrogens is 2. The van der Waals surface area contributed by atoms with Crippen molar-refractivity contribution >= 4 is 17.6 Å². The molecular weight excluding hydrogens is 326 g/mol. The molecule has 0 aliphatic carbocycles. The van der Waals surface area contributed by atoms with Gasteiger partial charge in [0.2, 0.25) is 0 Å². The van der Waals surface area contributed by atoms with Gasteiger partial charge in [-0.2, -0.15) is 5.10 Å². The predicted molar refractivity (Wildman–Crippen MR) is 93.7 cm³/mol. The number of carbonyl (C=O) groups is 1. The third-order valence-electron chi connectivity index (χ3n) is 4.45. The first-order valence-electron chi connectivity index (χ1n) is 8.34. The van der Waals surface area contributed by atoms with Crippen LogP contribution in [0.2, 0.25) is 5.02 Å². The molecule has 24 heavy (non-hydrogen) atoms. The van der Waals surface area contributed by atoms with Crippen molar-refractivity contribution in [1.29, 1.82) is 0 Å². The average molecular weight is 348 g/mol. The summed E-state index contributed by atoms with van der Waals surface area (Å²) in [4.78, 5) is 14.2. The Labute approximate surface area is 147 Å². The summed E-state index contributed by atoms with van der Waals surface area (Å²) in [7, 11) is 0. The highest BCUT2D eigenvalue weighted by Gasteiger charge is 2.26. The molecule has 1 aromatic heterocycles. The van der Waals surface area contributed by atoms with Gasteiger partial charge < -0.3 is 4.74 Å². The minimum Gasteiger partial charge on any atom is -0.466 e. The third-order valence-corrected chi connectivity index (χ3v) is 4.70. The molecule has 0 amide bonds. The van der Waals surface area contributed by atoms with Gasteiger partial charge in [-0.25, -0.2) is 0 Å². The molecule has 0 saturated carbocycles. The van der Waals surface area contributed by atoms with Crippen LogP contribution in [-0.2, 0) is 16.1 Å². The van der Waals surface area contributed by atoms with Crippen LogP contribution in [0.5, 0.6) is 0 Å². The summed E-state index contributed by atoms with van der Waals surface area (Å²) in [6.07, 6.45) is 3.58. The number of hydrogen-bond donors (Lipinski definition) is 1. The van der Waals surface area contributed by atoms with Crippen LogP contribution in [0.25, 0.3) is 11.3 Å². The number of aromatic amines is 1. The molecule has 2 heterocycles. The molecule has 0 spiro atoms. The highest BCUT2D eigenvalue weighted by Crippen LogP contribution is 2.26. The summed E-state index contributed by atoms with van der Waals surface area (Å²) >= 11 is 5.96. The summed E-state index contributed by atoms with van der Waals surface area (Å²) < 4.78 is 5.13. The van der Waals surface area contributed by atoms with Crippen LogP contribution in [0.4, 0.5) is 0 Å². The number of hydrogen-bond acceptors (Lipinski definition) is 4. The quantitative estimate of drug-likeness (QED) is 0.841. The highest BCUT2D eigenvalue weighted by molar-refractivity contribution is 6.30. The molecule has 0 bridgehead atoms. The molecule has 1 aromatic carbocycles. The van der Waals surface area contributed by atoms with Gasteiger partial charge in [0.15, 0.2) is 0 Å². The first-order valence-corrected chi connectivity index (χ1v) is 8.72. The second-order valence-electron chi connectivity index (χ2n) is 6.08. The zero-order valence-electron chi connectivity index (χ0n) is 13.8. The van der Waals surface area contributed by atoms with Crippen molar-refractivity contribution in [2.24, 2.45) is 5.92 Å². The number of nitrogens with zero attached hydrogens (tertiary/aromatic N) is 2. The maximum atomic E-state index is 11.8. The summed E-state index contributed by atoms with van der Waals surface area (Å²) in [5, 5.41) is 8.00. The zero-order valence-corrected chi connectivity index (χ0v) is 14.6. The predicted octanol–water partition coefficient (Wildman–Crippen LogP) is 3.51. The molecule has 1 aliphatic heterocycles. The lowest BCUT2D eigenvalue weighted by atomic mass is 9.96. The van der Waals surface area contributed by atoms with Crippen molar-refractivity contribution in [2.75, 3.05) is 19.7 Å². The Morgan fingerprint density at radius 1 is 1.33 bits per heavy atom. The fourth-order valence-electron chi connectivity index (χ4n) is 3.13. The Kier molecular flexibility index (Phi) is 5.53. The Bertz CT molecular complexity index is 676. The largest absolute Gasteiger partial charge is 0.466 e. The number of ether oxygens (including phenoxy) is 1. The van der Waals surface area contributed by atoms with Crippen molar-refractivity contribution < 1.29 is 9.53 Å². The van der Waals surface area contributed by atoms with E-state index in [0.29, 0.717) is 6.61 Å². The van der Waals surface area contributed by atoms with Crippen LogP contribution in [0.3, 0.4) is 0 Å². The van der Waals surface area contributed by atoms with Gasteiger partial charge in [0, 0.05) is 17.1 Å². The van der Waals surface area contributed by atoms with E-state index in [2.05, 4.69) is 15.1 Å². The van der Waals surface area contributed by atoms with E-state index in [1.54, 1.807) is 0 Å². The van der Waals surface area contributed by atoms with Gasteiger partial charge in [0.1, 0.15) is 0 Å². The molecular formula is C18H22ClN3O2. The van der Waals surface area contributed by atoms with Gasteiger partial charge in [-0.15, -0.1) is 0 Å². The molecule has 6 heteroatoms. The number of likely N-dealkylation sites (tertiary alicyclic amines) is 1. The lowest BCUT2D eigenvalue weighted by Gasteiger charge is -2.30. The van der Waals surface area contributed by atoms with Crippen LogP contribution in [0.15, 0.2) is 30.5 Å². The van der Waals surface area contributed by atoms with Gasteiger partial charge in [-0.1, -0.05) is 23.7 Å². The molecule has 1 aliphatic rings. The number of esters is 1. The Morgan fingerprint density at radius 3 is 2.71 bits per heavy atom. The molecule has 5 nitrogen and oxygen atoms in total. The van der Waals surface area contributed by atoms with Crippen LogP contribution >= 0.6 is 11.6 Å².